The number of alkyl halides is 5. The number of rotatable bonds is 4. The van der Waals surface area contributed by atoms with Crippen LogP contribution in [0.2, 0.25) is 0 Å². The highest BCUT2D eigenvalue weighted by molar-refractivity contribution is 5.89. The number of hydrogen-bond acceptors (Lipinski definition) is 4. The monoisotopic (exact) mass is 406 g/mol. The number of nitrogens with one attached hydrogen (secondary N) is 3. The minimum atomic E-state index is -4.45. The largest absolute Gasteiger partial charge is 0.416 e. The Morgan fingerprint density at radius 2 is 1.86 bits per heavy atom. The Morgan fingerprint density at radius 1 is 1.25 bits per heavy atom. The number of hydrogen-bond donors (Lipinski definition) is 3. The zero-order valence-electron chi connectivity index (χ0n) is 14.8. The summed E-state index contributed by atoms with van der Waals surface area (Å²) in [6.45, 7) is 0.541. The second-order valence-corrected chi connectivity index (χ2v) is 7.00. The SMILES string of the molecule is C[C@@H](NC(=O)C1CC(=O)NC(N2CC(F)(F)C2)N1)c1ccc(C(F)(F)F)cc1. The summed E-state index contributed by atoms with van der Waals surface area (Å²) in [5.41, 5.74) is -0.338. The van der Waals surface area contributed by atoms with Crippen molar-refractivity contribution in [2.75, 3.05) is 13.1 Å². The second kappa shape index (κ2) is 7.28. The van der Waals surface area contributed by atoms with E-state index < -0.39 is 60.9 Å². The Morgan fingerprint density at radius 3 is 2.39 bits per heavy atom. The molecule has 2 saturated heterocycles. The fourth-order valence-electron chi connectivity index (χ4n) is 3.14. The van der Waals surface area contributed by atoms with Gasteiger partial charge in [0.25, 0.3) is 5.92 Å². The predicted molar refractivity (Wildman–Crippen MR) is 88.0 cm³/mol. The number of amides is 2. The van der Waals surface area contributed by atoms with Crippen LogP contribution < -0.4 is 16.0 Å². The van der Waals surface area contributed by atoms with Crippen molar-refractivity contribution in [1.82, 2.24) is 20.9 Å². The van der Waals surface area contributed by atoms with Gasteiger partial charge in [-0.15, -0.1) is 0 Å². The van der Waals surface area contributed by atoms with Crippen molar-refractivity contribution in [2.24, 2.45) is 0 Å². The number of benzene rings is 1. The van der Waals surface area contributed by atoms with Crippen LogP contribution in [0.15, 0.2) is 24.3 Å². The maximum Gasteiger partial charge on any atom is 0.416 e. The van der Waals surface area contributed by atoms with E-state index in [2.05, 4.69) is 16.0 Å². The minimum Gasteiger partial charge on any atom is -0.348 e. The summed E-state index contributed by atoms with van der Waals surface area (Å²) in [6, 6.07) is 2.83. The molecule has 0 radical (unpaired) electrons. The topological polar surface area (TPSA) is 73.5 Å². The standard InChI is InChI=1S/C17H19F5N4O2/c1-9(10-2-4-11(5-3-10)17(20,21)22)23-14(28)12-6-13(27)25-15(24-12)26-7-16(18,19)8-26/h2-5,9,12,15,24H,6-8H2,1H3,(H,23,28)(H,25,27)/t9-,12?,15?/m1/s1. The summed E-state index contributed by atoms with van der Waals surface area (Å²) < 4.78 is 63.9. The third kappa shape index (κ3) is 4.58. The molecular weight excluding hydrogens is 387 g/mol. The van der Waals surface area contributed by atoms with Gasteiger partial charge in [0.2, 0.25) is 11.8 Å². The van der Waals surface area contributed by atoms with E-state index >= 15 is 0 Å². The first-order valence-electron chi connectivity index (χ1n) is 8.59. The van der Waals surface area contributed by atoms with Gasteiger partial charge in [-0.25, -0.2) is 8.78 Å². The molecule has 11 heteroatoms. The van der Waals surface area contributed by atoms with Crippen LogP contribution >= 0.6 is 0 Å². The number of halogens is 5. The highest BCUT2D eigenvalue weighted by Crippen LogP contribution is 2.30. The predicted octanol–water partition coefficient (Wildman–Crippen LogP) is 1.60. The Balaban J connectivity index is 1.59. The summed E-state index contributed by atoms with van der Waals surface area (Å²) in [7, 11) is 0. The van der Waals surface area contributed by atoms with Gasteiger partial charge in [0.05, 0.1) is 37.2 Å². The number of carbonyl (C=O) groups excluding carboxylic acids is 2. The molecule has 28 heavy (non-hydrogen) atoms. The van der Waals surface area contributed by atoms with Gasteiger partial charge in [-0.1, -0.05) is 12.1 Å². The van der Waals surface area contributed by atoms with Crippen molar-refractivity contribution in [3.8, 4) is 0 Å². The van der Waals surface area contributed by atoms with Crippen molar-refractivity contribution in [3.05, 3.63) is 35.4 Å². The van der Waals surface area contributed by atoms with Crippen molar-refractivity contribution in [1.29, 1.82) is 0 Å². The molecule has 2 aliphatic heterocycles. The van der Waals surface area contributed by atoms with Gasteiger partial charge >= 0.3 is 6.18 Å². The average molecular weight is 406 g/mol. The molecule has 0 saturated carbocycles. The highest BCUT2D eigenvalue weighted by Gasteiger charge is 2.48. The lowest BCUT2D eigenvalue weighted by molar-refractivity contribution is -0.165. The van der Waals surface area contributed by atoms with Crippen LogP contribution in [0.25, 0.3) is 0 Å². The van der Waals surface area contributed by atoms with E-state index in [1.165, 1.54) is 17.0 Å². The van der Waals surface area contributed by atoms with Crippen LogP contribution in [0, 0.1) is 0 Å². The first-order chi connectivity index (χ1) is 12.9. The Hall–Kier alpha value is -2.27. The van der Waals surface area contributed by atoms with E-state index in [1.807, 2.05) is 0 Å². The second-order valence-electron chi connectivity index (χ2n) is 7.00. The third-order valence-corrected chi connectivity index (χ3v) is 4.69. The van der Waals surface area contributed by atoms with Crippen LogP contribution in [-0.4, -0.2) is 48.1 Å². The molecule has 3 rings (SSSR count). The molecule has 2 unspecified atom stereocenters. The van der Waals surface area contributed by atoms with Crippen LogP contribution in [0.5, 0.6) is 0 Å². The molecule has 2 heterocycles. The van der Waals surface area contributed by atoms with E-state index in [4.69, 9.17) is 0 Å². The minimum absolute atomic E-state index is 0.174. The van der Waals surface area contributed by atoms with E-state index in [1.54, 1.807) is 6.92 Å². The summed E-state index contributed by atoms with van der Waals surface area (Å²) in [5, 5.41) is 7.94. The first kappa shape index (κ1) is 20.5. The van der Waals surface area contributed by atoms with Gasteiger partial charge in [-0.3, -0.25) is 19.8 Å². The van der Waals surface area contributed by atoms with Gasteiger partial charge in [-0.2, -0.15) is 13.2 Å². The molecule has 1 aromatic carbocycles. The van der Waals surface area contributed by atoms with Crippen LogP contribution in [0.1, 0.15) is 30.5 Å². The third-order valence-electron chi connectivity index (χ3n) is 4.69. The van der Waals surface area contributed by atoms with Crippen molar-refractivity contribution in [3.63, 3.8) is 0 Å². The maximum atomic E-state index is 13.0. The summed E-state index contributed by atoms with van der Waals surface area (Å²) >= 11 is 0. The molecule has 0 spiro atoms. The maximum absolute atomic E-state index is 13.0. The van der Waals surface area contributed by atoms with Gasteiger partial charge in [0.1, 0.15) is 6.29 Å². The molecule has 154 valence electrons. The Bertz CT molecular complexity index is 745. The molecule has 1 aromatic rings. The normalized spacial score (nSPS) is 26.1. The van der Waals surface area contributed by atoms with Gasteiger partial charge in [0, 0.05) is 0 Å². The van der Waals surface area contributed by atoms with E-state index in [0.717, 1.165) is 12.1 Å². The highest BCUT2D eigenvalue weighted by atomic mass is 19.4. The number of nitrogens with zero attached hydrogens (tertiary/aromatic N) is 1. The molecule has 3 N–H and O–H groups in total. The van der Waals surface area contributed by atoms with Gasteiger partial charge in [0.15, 0.2) is 0 Å². The molecule has 2 aliphatic rings. The molecule has 0 aliphatic carbocycles. The van der Waals surface area contributed by atoms with Crippen molar-refractivity contribution < 1.29 is 31.5 Å². The molecule has 2 fully saturated rings. The summed E-state index contributed by atoms with van der Waals surface area (Å²) in [5.74, 6) is -3.82. The molecule has 2 amide bonds. The van der Waals surface area contributed by atoms with Gasteiger partial charge in [-0.05, 0) is 24.6 Å². The quantitative estimate of drug-likeness (QED) is 0.665. The fourth-order valence-corrected chi connectivity index (χ4v) is 3.14. The molecule has 6 nitrogen and oxygen atoms in total. The molecule has 0 aromatic heterocycles. The van der Waals surface area contributed by atoms with Crippen molar-refractivity contribution >= 4 is 11.8 Å². The first-order valence-corrected chi connectivity index (χ1v) is 8.59. The lowest BCUT2D eigenvalue weighted by Crippen LogP contribution is -2.73. The number of likely N-dealkylation sites (tertiary alicyclic amines) is 1. The van der Waals surface area contributed by atoms with E-state index in [9.17, 15) is 31.5 Å². The Kier molecular flexibility index (Phi) is 5.32. The average Bonchev–Trinajstić information content (AvgIpc) is 2.58. The smallest absolute Gasteiger partial charge is 0.348 e. The van der Waals surface area contributed by atoms with E-state index in [-0.39, 0.29) is 6.42 Å². The van der Waals surface area contributed by atoms with E-state index in [0.29, 0.717) is 5.56 Å². The van der Waals surface area contributed by atoms with Crippen LogP contribution in [0.3, 0.4) is 0 Å². The van der Waals surface area contributed by atoms with Crippen molar-refractivity contribution in [2.45, 2.75) is 43.8 Å². The summed E-state index contributed by atoms with van der Waals surface area (Å²) in [4.78, 5) is 25.6. The fraction of sp³-hybridized carbons (Fsp3) is 0.529. The van der Waals surface area contributed by atoms with Crippen LogP contribution in [0.4, 0.5) is 22.0 Å². The Labute approximate surface area is 157 Å². The lowest BCUT2D eigenvalue weighted by Gasteiger charge is -2.46. The lowest BCUT2D eigenvalue weighted by atomic mass is 10.0. The van der Waals surface area contributed by atoms with Gasteiger partial charge < -0.3 is 10.6 Å². The molecular formula is C17H19F5N4O2. The summed E-state index contributed by atoms with van der Waals surface area (Å²) in [6.07, 6.45) is -5.50. The molecule has 0 bridgehead atoms. The van der Waals surface area contributed by atoms with Crippen LogP contribution in [-0.2, 0) is 15.8 Å². The number of carbonyl (C=O) groups is 2. The zero-order valence-corrected chi connectivity index (χ0v) is 14.8. The molecule has 3 atom stereocenters. The zero-order chi connectivity index (χ0) is 20.7.